The van der Waals surface area contributed by atoms with E-state index in [1.54, 1.807) is 73.8 Å². The number of benzene rings is 3. The van der Waals surface area contributed by atoms with Gasteiger partial charge < -0.3 is 9.47 Å². The molecule has 0 unspecified atom stereocenters. The first-order valence-electron chi connectivity index (χ1n) is 8.17. The number of fused-ring (bicyclic) bond motifs is 1. The van der Waals surface area contributed by atoms with Crippen LogP contribution < -0.4 is 14.4 Å². The van der Waals surface area contributed by atoms with E-state index in [1.165, 1.54) is 0 Å². The Morgan fingerprint density at radius 3 is 2.00 bits per heavy atom. The van der Waals surface area contributed by atoms with E-state index >= 15 is 0 Å². The van der Waals surface area contributed by atoms with E-state index in [1.807, 2.05) is 0 Å². The number of ether oxygens (including phenoxy) is 2. The van der Waals surface area contributed by atoms with Crippen LogP contribution in [0.5, 0.6) is 17.2 Å². The molecule has 0 aromatic heterocycles. The standard InChI is InChI=1S/C21H14ClNO4/c1-26-15-8-4-14(5-9-15)23-20(24)18-11-10-17(12-19(18)21(23)25)27-16-6-2-13(22)3-7-16/h2-12H,1H3. The smallest absolute Gasteiger partial charge is 0.266 e. The minimum atomic E-state index is -0.387. The first-order valence-corrected chi connectivity index (χ1v) is 8.55. The Morgan fingerprint density at radius 2 is 1.33 bits per heavy atom. The summed E-state index contributed by atoms with van der Waals surface area (Å²) in [5, 5.41) is 0.604. The van der Waals surface area contributed by atoms with Crippen molar-refractivity contribution in [2.45, 2.75) is 0 Å². The SMILES string of the molecule is COc1ccc(N2C(=O)c3ccc(Oc4ccc(Cl)cc4)cc3C2=O)cc1. The van der Waals surface area contributed by atoms with Crippen LogP contribution in [0.25, 0.3) is 0 Å². The van der Waals surface area contributed by atoms with Crippen LogP contribution in [0.15, 0.2) is 66.7 Å². The highest BCUT2D eigenvalue weighted by Gasteiger charge is 2.37. The molecule has 0 N–H and O–H groups in total. The van der Waals surface area contributed by atoms with Crippen molar-refractivity contribution in [2.24, 2.45) is 0 Å². The molecule has 3 aromatic carbocycles. The van der Waals surface area contributed by atoms with Crippen LogP contribution in [-0.2, 0) is 0 Å². The second-order valence-electron chi connectivity index (χ2n) is 5.91. The number of nitrogens with zero attached hydrogens (tertiary/aromatic N) is 1. The van der Waals surface area contributed by atoms with Gasteiger partial charge in [0.1, 0.15) is 17.2 Å². The summed E-state index contributed by atoms with van der Waals surface area (Å²) in [6.45, 7) is 0. The van der Waals surface area contributed by atoms with Gasteiger partial charge in [-0.15, -0.1) is 0 Å². The molecule has 0 spiro atoms. The van der Waals surface area contributed by atoms with Crippen LogP contribution >= 0.6 is 11.6 Å². The lowest BCUT2D eigenvalue weighted by Crippen LogP contribution is -2.29. The van der Waals surface area contributed by atoms with E-state index in [2.05, 4.69) is 0 Å². The molecule has 0 saturated heterocycles. The van der Waals surface area contributed by atoms with E-state index in [9.17, 15) is 9.59 Å². The quantitative estimate of drug-likeness (QED) is 0.602. The van der Waals surface area contributed by atoms with E-state index < -0.39 is 0 Å². The van der Waals surface area contributed by atoms with Crippen LogP contribution in [0.4, 0.5) is 5.69 Å². The summed E-state index contributed by atoms with van der Waals surface area (Å²) in [5.74, 6) is 0.950. The number of methoxy groups -OCH3 is 1. The molecule has 0 radical (unpaired) electrons. The third-order valence-corrected chi connectivity index (χ3v) is 4.49. The number of imide groups is 1. The fourth-order valence-corrected chi connectivity index (χ4v) is 3.01. The lowest BCUT2D eigenvalue weighted by Gasteiger charge is -2.14. The van der Waals surface area contributed by atoms with Crippen LogP contribution in [0, 0.1) is 0 Å². The number of amides is 2. The van der Waals surface area contributed by atoms with Crippen molar-refractivity contribution in [1.82, 2.24) is 0 Å². The largest absolute Gasteiger partial charge is 0.497 e. The minimum absolute atomic E-state index is 0.308. The summed E-state index contributed by atoms with van der Waals surface area (Å²) >= 11 is 5.87. The molecule has 27 heavy (non-hydrogen) atoms. The molecular weight excluding hydrogens is 366 g/mol. The Balaban J connectivity index is 1.63. The number of hydrogen-bond acceptors (Lipinski definition) is 4. The van der Waals surface area contributed by atoms with E-state index in [-0.39, 0.29) is 11.8 Å². The predicted octanol–water partition coefficient (Wildman–Crippen LogP) is 4.94. The van der Waals surface area contributed by atoms with Crippen molar-refractivity contribution < 1.29 is 19.1 Å². The van der Waals surface area contributed by atoms with Crippen LogP contribution in [0.1, 0.15) is 20.7 Å². The fourth-order valence-electron chi connectivity index (χ4n) is 2.89. The molecule has 0 atom stereocenters. The Morgan fingerprint density at radius 1 is 0.741 bits per heavy atom. The molecule has 3 aromatic rings. The number of carbonyl (C=O) groups excluding carboxylic acids is 2. The van der Waals surface area contributed by atoms with Gasteiger partial charge in [-0.25, -0.2) is 4.90 Å². The summed E-state index contributed by atoms with van der Waals surface area (Å²) < 4.78 is 10.9. The van der Waals surface area contributed by atoms with Crippen molar-refractivity contribution in [3.05, 3.63) is 82.9 Å². The van der Waals surface area contributed by atoms with Crippen molar-refractivity contribution in [2.75, 3.05) is 12.0 Å². The average Bonchev–Trinajstić information content (AvgIpc) is 2.94. The topological polar surface area (TPSA) is 55.8 Å². The molecule has 1 aliphatic heterocycles. The van der Waals surface area contributed by atoms with Gasteiger partial charge in [0.25, 0.3) is 11.8 Å². The number of hydrogen-bond donors (Lipinski definition) is 0. The highest BCUT2D eigenvalue weighted by Crippen LogP contribution is 2.33. The van der Waals surface area contributed by atoms with Crippen molar-refractivity contribution in [1.29, 1.82) is 0 Å². The van der Waals surface area contributed by atoms with Gasteiger partial charge in [0, 0.05) is 5.02 Å². The summed E-state index contributed by atoms with van der Waals surface area (Å²) in [5.41, 5.74) is 1.14. The Kier molecular flexibility index (Phi) is 4.30. The van der Waals surface area contributed by atoms with Gasteiger partial charge in [0.05, 0.1) is 23.9 Å². The molecule has 0 aliphatic carbocycles. The van der Waals surface area contributed by atoms with Gasteiger partial charge in [-0.1, -0.05) is 11.6 Å². The van der Waals surface area contributed by atoms with Gasteiger partial charge in [0.2, 0.25) is 0 Å². The lowest BCUT2D eigenvalue weighted by atomic mass is 10.1. The highest BCUT2D eigenvalue weighted by molar-refractivity contribution is 6.34. The number of carbonyl (C=O) groups is 2. The molecule has 134 valence electrons. The average molecular weight is 380 g/mol. The summed E-state index contributed by atoms with van der Waals surface area (Å²) in [6.07, 6.45) is 0. The molecule has 1 heterocycles. The molecule has 5 nitrogen and oxygen atoms in total. The number of halogens is 1. The van der Waals surface area contributed by atoms with E-state index in [0.29, 0.717) is 39.1 Å². The fraction of sp³-hybridized carbons (Fsp3) is 0.0476. The summed E-state index contributed by atoms with van der Waals surface area (Å²) in [6, 6.07) is 18.5. The van der Waals surface area contributed by atoms with Gasteiger partial charge in [-0.3, -0.25) is 9.59 Å². The van der Waals surface area contributed by atoms with Crippen LogP contribution in [0.3, 0.4) is 0 Å². The van der Waals surface area contributed by atoms with Gasteiger partial charge in [0.15, 0.2) is 0 Å². The lowest BCUT2D eigenvalue weighted by molar-refractivity contribution is 0.0926. The Hall–Kier alpha value is -3.31. The molecule has 6 heteroatoms. The highest BCUT2D eigenvalue weighted by atomic mass is 35.5. The maximum Gasteiger partial charge on any atom is 0.266 e. The maximum atomic E-state index is 12.8. The first-order chi connectivity index (χ1) is 13.1. The Labute approximate surface area is 160 Å². The van der Waals surface area contributed by atoms with Crippen molar-refractivity contribution >= 4 is 29.1 Å². The molecule has 2 amide bonds. The monoisotopic (exact) mass is 379 g/mol. The van der Waals surface area contributed by atoms with Crippen molar-refractivity contribution in [3.8, 4) is 17.2 Å². The van der Waals surface area contributed by atoms with Crippen LogP contribution in [0.2, 0.25) is 5.02 Å². The third kappa shape index (κ3) is 3.13. The second-order valence-corrected chi connectivity index (χ2v) is 6.34. The van der Waals surface area contributed by atoms with Crippen molar-refractivity contribution in [3.63, 3.8) is 0 Å². The second kappa shape index (κ2) is 6.78. The summed E-state index contributed by atoms with van der Waals surface area (Å²) in [7, 11) is 1.55. The zero-order chi connectivity index (χ0) is 19.0. The van der Waals surface area contributed by atoms with Gasteiger partial charge in [-0.2, -0.15) is 0 Å². The zero-order valence-corrected chi connectivity index (χ0v) is 15.1. The normalized spacial score (nSPS) is 12.9. The summed E-state index contributed by atoms with van der Waals surface area (Å²) in [4.78, 5) is 26.6. The third-order valence-electron chi connectivity index (χ3n) is 4.24. The molecular formula is C21H14ClNO4. The van der Waals surface area contributed by atoms with Gasteiger partial charge >= 0.3 is 0 Å². The molecule has 4 rings (SSSR count). The molecule has 0 bridgehead atoms. The van der Waals surface area contributed by atoms with E-state index in [0.717, 1.165) is 4.90 Å². The first kappa shape index (κ1) is 17.1. The molecule has 0 fully saturated rings. The molecule has 0 saturated carbocycles. The number of anilines is 1. The van der Waals surface area contributed by atoms with Gasteiger partial charge in [-0.05, 0) is 66.7 Å². The zero-order valence-electron chi connectivity index (χ0n) is 14.3. The van der Waals surface area contributed by atoms with E-state index in [4.69, 9.17) is 21.1 Å². The molecule has 1 aliphatic rings. The number of rotatable bonds is 4. The van der Waals surface area contributed by atoms with Crippen LogP contribution in [-0.4, -0.2) is 18.9 Å². The minimum Gasteiger partial charge on any atom is -0.497 e. The Bertz CT molecular complexity index is 1030. The maximum absolute atomic E-state index is 12.8. The predicted molar refractivity (Wildman–Crippen MR) is 102 cm³/mol.